The van der Waals surface area contributed by atoms with E-state index in [-0.39, 0.29) is 0 Å². The van der Waals surface area contributed by atoms with Crippen molar-refractivity contribution in [1.82, 2.24) is 4.31 Å². The molecule has 0 amide bonds. The molecule has 1 aromatic carbocycles. The third kappa shape index (κ3) is 4.69. The Morgan fingerprint density at radius 2 is 1.84 bits per heavy atom. The molecule has 25 heavy (non-hydrogen) atoms. The van der Waals surface area contributed by atoms with Crippen LogP contribution in [0.1, 0.15) is 29.8 Å². The molecule has 0 fully saturated rings. The average Bonchev–Trinajstić information content (AvgIpc) is 2.49. The number of carboxylic acid groups (broad SMARTS) is 1. The fourth-order valence-corrected chi connectivity index (χ4v) is 3.79. The normalized spacial score (nSPS) is 12.5. The lowest BCUT2D eigenvalue weighted by Crippen LogP contribution is -2.41. The fourth-order valence-electron chi connectivity index (χ4n) is 2.00. The number of benzene rings is 1. The molecule has 140 valence electrons. The van der Waals surface area contributed by atoms with Gasteiger partial charge >= 0.3 is 18.1 Å². The third-order valence-corrected chi connectivity index (χ3v) is 5.23. The molecule has 0 bridgehead atoms. The first-order valence-corrected chi connectivity index (χ1v) is 8.29. The van der Waals surface area contributed by atoms with E-state index >= 15 is 0 Å². The van der Waals surface area contributed by atoms with Gasteiger partial charge in [0.1, 0.15) is 6.54 Å². The van der Waals surface area contributed by atoms with E-state index < -0.39 is 56.7 Å². The Bertz CT molecular complexity index is 773. The van der Waals surface area contributed by atoms with Gasteiger partial charge in [-0.05, 0) is 32.0 Å². The highest BCUT2D eigenvalue weighted by Gasteiger charge is 2.37. The minimum atomic E-state index is -4.85. The van der Waals surface area contributed by atoms with Gasteiger partial charge in [-0.1, -0.05) is 0 Å². The first-order valence-electron chi connectivity index (χ1n) is 6.85. The van der Waals surface area contributed by atoms with Gasteiger partial charge in [-0.3, -0.25) is 4.79 Å². The van der Waals surface area contributed by atoms with Gasteiger partial charge in [-0.2, -0.15) is 17.5 Å². The van der Waals surface area contributed by atoms with Crippen molar-refractivity contribution in [3.05, 3.63) is 29.3 Å². The zero-order valence-electron chi connectivity index (χ0n) is 13.5. The molecule has 1 rings (SSSR count). The molecule has 0 aliphatic carbocycles. The summed E-state index contributed by atoms with van der Waals surface area (Å²) in [6, 6.07) is 0.642. The van der Waals surface area contributed by atoms with Gasteiger partial charge in [0.25, 0.3) is 0 Å². The zero-order chi connectivity index (χ0) is 19.6. The number of carbonyl (C=O) groups excluding carboxylic acids is 1. The van der Waals surface area contributed by atoms with Crippen molar-refractivity contribution in [3.63, 3.8) is 0 Å². The van der Waals surface area contributed by atoms with Crippen LogP contribution < -0.4 is 0 Å². The number of esters is 1. The summed E-state index contributed by atoms with van der Waals surface area (Å²) >= 11 is 0. The van der Waals surface area contributed by atoms with Crippen LogP contribution in [0.4, 0.5) is 13.2 Å². The second-order valence-corrected chi connectivity index (χ2v) is 7.10. The summed E-state index contributed by atoms with van der Waals surface area (Å²) in [6.45, 7) is 1.73. The first-order chi connectivity index (χ1) is 11.3. The van der Waals surface area contributed by atoms with E-state index in [0.717, 1.165) is 7.11 Å². The van der Waals surface area contributed by atoms with Crippen LogP contribution in [0.3, 0.4) is 0 Å². The molecular formula is C14H16F3NO6S. The quantitative estimate of drug-likeness (QED) is 0.754. The summed E-state index contributed by atoms with van der Waals surface area (Å²) in [4.78, 5) is 21.7. The van der Waals surface area contributed by atoms with Crippen molar-refractivity contribution >= 4 is 22.0 Å². The van der Waals surface area contributed by atoms with Gasteiger partial charge in [0.2, 0.25) is 10.0 Å². The summed E-state index contributed by atoms with van der Waals surface area (Å²) in [5.41, 5.74) is -1.91. The van der Waals surface area contributed by atoms with E-state index in [4.69, 9.17) is 5.11 Å². The molecular weight excluding hydrogens is 367 g/mol. The number of carboxylic acids is 1. The number of sulfonamides is 1. The molecule has 7 nitrogen and oxygen atoms in total. The van der Waals surface area contributed by atoms with Crippen molar-refractivity contribution in [3.8, 4) is 0 Å². The van der Waals surface area contributed by atoms with Crippen molar-refractivity contribution in [2.75, 3.05) is 13.7 Å². The molecule has 0 atom stereocenters. The molecule has 1 N–H and O–H groups in total. The first kappa shape index (κ1) is 20.9. The van der Waals surface area contributed by atoms with Crippen LogP contribution in [0.15, 0.2) is 23.1 Å². The second kappa shape index (κ2) is 7.40. The van der Waals surface area contributed by atoms with Crippen molar-refractivity contribution in [2.45, 2.75) is 31.0 Å². The molecule has 0 unspecified atom stereocenters. The molecule has 0 aromatic heterocycles. The number of nitrogens with zero attached hydrogens (tertiary/aromatic N) is 1. The number of hydrogen-bond acceptors (Lipinski definition) is 5. The number of aliphatic carboxylic acids is 1. The number of alkyl halides is 3. The minimum absolute atomic E-state index is 0.290. The van der Waals surface area contributed by atoms with Crippen LogP contribution in [0.2, 0.25) is 0 Å². The van der Waals surface area contributed by atoms with E-state index in [0.29, 0.717) is 22.5 Å². The summed E-state index contributed by atoms with van der Waals surface area (Å²) in [7, 11) is -3.77. The monoisotopic (exact) mass is 383 g/mol. The smallest absolute Gasteiger partial charge is 0.416 e. The Labute approximate surface area is 142 Å². The summed E-state index contributed by atoms with van der Waals surface area (Å²) in [5, 5.41) is 8.87. The number of halogens is 3. The maximum atomic E-state index is 12.9. The fraction of sp³-hybridized carbons (Fsp3) is 0.429. The SMILES string of the molecule is COC(=O)c1ccc(C(F)(F)F)cc1S(=O)(=O)N(CC(=O)O)C(C)C. The number of carbonyl (C=O) groups is 2. The highest BCUT2D eigenvalue weighted by atomic mass is 32.2. The Balaban J connectivity index is 3.69. The molecule has 0 heterocycles. The average molecular weight is 383 g/mol. The highest BCUT2D eigenvalue weighted by Crippen LogP contribution is 2.33. The van der Waals surface area contributed by atoms with E-state index in [2.05, 4.69) is 4.74 Å². The maximum absolute atomic E-state index is 12.9. The zero-order valence-corrected chi connectivity index (χ0v) is 14.3. The Morgan fingerprint density at radius 3 is 2.24 bits per heavy atom. The van der Waals surface area contributed by atoms with Gasteiger partial charge < -0.3 is 9.84 Å². The summed E-state index contributed by atoms with van der Waals surface area (Å²) < 4.78 is 69.1. The Morgan fingerprint density at radius 1 is 1.28 bits per heavy atom. The predicted octanol–water partition coefficient (Wildman–Crippen LogP) is 1.98. The van der Waals surface area contributed by atoms with E-state index in [9.17, 15) is 31.2 Å². The predicted molar refractivity (Wildman–Crippen MR) is 79.4 cm³/mol. The van der Waals surface area contributed by atoms with Crippen molar-refractivity contribution in [1.29, 1.82) is 0 Å². The standard InChI is InChI=1S/C14H16F3NO6S/c1-8(2)18(7-12(19)20)25(22,23)11-6-9(14(15,16)17)4-5-10(11)13(21)24-3/h4-6,8H,7H2,1-3H3,(H,19,20). The lowest BCUT2D eigenvalue weighted by molar-refractivity contribution is -0.138. The molecule has 1 aromatic rings. The Hall–Kier alpha value is -2.14. The summed E-state index contributed by atoms with van der Waals surface area (Å²) in [5.74, 6) is -2.66. The van der Waals surface area contributed by atoms with Crippen LogP contribution in [-0.4, -0.2) is 49.5 Å². The lowest BCUT2D eigenvalue weighted by Gasteiger charge is -2.25. The van der Waals surface area contributed by atoms with Gasteiger partial charge in [-0.25, -0.2) is 13.2 Å². The second-order valence-electron chi connectivity index (χ2n) is 5.24. The molecule has 0 saturated heterocycles. The van der Waals surface area contributed by atoms with Crippen LogP contribution in [0.25, 0.3) is 0 Å². The molecule has 0 aliphatic rings. The topological polar surface area (TPSA) is 101 Å². The lowest BCUT2D eigenvalue weighted by atomic mass is 10.1. The van der Waals surface area contributed by atoms with Crippen LogP contribution in [0, 0.1) is 0 Å². The molecule has 0 spiro atoms. The van der Waals surface area contributed by atoms with Crippen LogP contribution in [0.5, 0.6) is 0 Å². The minimum Gasteiger partial charge on any atom is -0.480 e. The largest absolute Gasteiger partial charge is 0.480 e. The number of ether oxygens (including phenoxy) is 1. The summed E-state index contributed by atoms with van der Waals surface area (Å²) in [6.07, 6.45) is -4.85. The van der Waals surface area contributed by atoms with Gasteiger partial charge in [-0.15, -0.1) is 0 Å². The molecule has 0 radical (unpaired) electrons. The van der Waals surface area contributed by atoms with E-state index in [1.165, 1.54) is 13.8 Å². The maximum Gasteiger partial charge on any atom is 0.416 e. The van der Waals surface area contributed by atoms with Crippen LogP contribution in [-0.2, 0) is 25.7 Å². The van der Waals surface area contributed by atoms with Crippen molar-refractivity contribution < 1.29 is 41.0 Å². The van der Waals surface area contributed by atoms with Gasteiger partial charge in [0.15, 0.2) is 0 Å². The van der Waals surface area contributed by atoms with Crippen molar-refractivity contribution in [2.24, 2.45) is 0 Å². The third-order valence-electron chi connectivity index (χ3n) is 3.17. The number of methoxy groups -OCH3 is 1. The van der Waals surface area contributed by atoms with Gasteiger partial charge in [0.05, 0.1) is 23.1 Å². The Kier molecular flexibility index (Phi) is 6.19. The van der Waals surface area contributed by atoms with E-state index in [1.54, 1.807) is 0 Å². The van der Waals surface area contributed by atoms with Gasteiger partial charge in [0, 0.05) is 6.04 Å². The molecule has 0 aliphatic heterocycles. The number of hydrogen-bond donors (Lipinski definition) is 1. The number of rotatable bonds is 6. The highest BCUT2D eigenvalue weighted by molar-refractivity contribution is 7.89. The molecule has 0 saturated carbocycles. The van der Waals surface area contributed by atoms with Crippen LogP contribution >= 0.6 is 0 Å². The molecule has 11 heteroatoms. The van der Waals surface area contributed by atoms with E-state index in [1.807, 2.05) is 0 Å².